The van der Waals surface area contributed by atoms with Gasteiger partial charge in [0.25, 0.3) is 0 Å². The lowest BCUT2D eigenvalue weighted by atomic mass is 10.3. The minimum Gasteiger partial charge on any atom is -0.494 e. The van der Waals surface area contributed by atoms with Crippen molar-refractivity contribution in [2.24, 2.45) is 0 Å². The molecule has 1 aliphatic heterocycles. The van der Waals surface area contributed by atoms with Crippen LogP contribution in [-0.4, -0.2) is 45.5 Å². The smallest absolute Gasteiger partial charge is 0.301 e. The molecule has 0 aromatic heterocycles. The largest absolute Gasteiger partial charge is 0.494 e. The number of piperazine rings is 1. The maximum atomic E-state index is 12.2. The molecule has 7 heteroatoms. The van der Waals surface area contributed by atoms with Crippen molar-refractivity contribution in [3.63, 3.8) is 0 Å². The highest BCUT2D eigenvalue weighted by atomic mass is 32.2. The first-order valence-electron chi connectivity index (χ1n) is 6.83. The van der Waals surface area contributed by atoms with Crippen molar-refractivity contribution in [1.82, 2.24) is 9.62 Å². The van der Waals surface area contributed by atoms with Crippen LogP contribution in [0.15, 0.2) is 24.3 Å². The van der Waals surface area contributed by atoms with Crippen molar-refractivity contribution in [1.29, 1.82) is 0 Å². The van der Waals surface area contributed by atoms with Crippen LogP contribution >= 0.6 is 0 Å². The number of benzene rings is 1. The van der Waals surface area contributed by atoms with E-state index in [4.69, 9.17) is 4.74 Å². The van der Waals surface area contributed by atoms with Gasteiger partial charge in [-0.1, -0.05) is 6.92 Å². The van der Waals surface area contributed by atoms with Crippen LogP contribution in [0.25, 0.3) is 0 Å². The second kappa shape index (κ2) is 6.92. The normalized spacial score (nSPS) is 16.9. The molecule has 0 radical (unpaired) electrons. The first-order chi connectivity index (χ1) is 9.62. The molecule has 0 bridgehead atoms. The molecule has 20 heavy (non-hydrogen) atoms. The fourth-order valence-corrected chi connectivity index (χ4v) is 3.16. The van der Waals surface area contributed by atoms with Crippen molar-refractivity contribution in [2.75, 3.05) is 37.5 Å². The number of rotatable bonds is 6. The number of nitrogens with one attached hydrogen (secondary N) is 2. The van der Waals surface area contributed by atoms with E-state index in [0.29, 0.717) is 38.5 Å². The predicted octanol–water partition coefficient (Wildman–Crippen LogP) is 1.04. The molecule has 0 amide bonds. The minimum absolute atomic E-state index is 0.493. The summed E-state index contributed by atoms with van der Waals surface area (Å²) in [6.45, 7) is 5.05. The molecular formula is C13H21N3O3S. The number of anilines is 1. The second-order valence-electron chi connectivity index (χ2n) is 4.63. The number of hydrogen-bond acceptors (Lipinski definition) is 4. The van der Waals surface area contributed by atoms with E-state index in [-0.39, 0.29) is 0 Å². The first kappa shape index (κ1) is 15.1. The van der Waals surface area contributed by atoms with Crippen LogP contribution < -0.4 is 14.8 Å². The summed E-state index contributed by atoms with van der Waals surface area (Å²) in [5, 5.41) is 3.13. The first-order valence-corrected chi connectivity index (χ1v) is 8.27. The van der Waals surface area contributed by atoms with Crippen molar-refractivity contribution in [3.8, 4) is 5.75 Å². The fourth-order valence-electron chi connectivity index (χ4n) is 1.94. The van der Waals surface area contributed by atoms with Gasteiger partial charge >= 0.3 is 10.2 Å². The van der Waals surface area contributed by atoms with E-state index < -0.39 is 10.2 Å². The SMILES string of the molecule is CCCOc1ccc(NS(=O)(=O)N2CCNCC2)cc1. The molecule has 0 aliphatic carbocycles. The Bertz CT molecular complexity index is 510. The van der Waals surface area contributed by atoms with E-state index in [9.17, 15) is 8.42 Å². The summed E-state index contributed by atoms with van der Waals surface area (Å²) in [6.07, 6.45) is 0.942. The van der Waals surface area contributed by atoms with Gasteiger partial charge in [0, 0.05) is 26.2 Å². The molecule has 1 saturated heterocycles. The van der Waals surface area contributed by atoms with Crippen LogP contribution in [0.4, 0.5) is 5.69 Å². The van der Waals surface area contributed by atoms with Gasteiger partial charge in [0.15, 0.2) is 0 Å². The molecule has 0 saturated carbocycles. The fraction of sp³-hybridized carbons (Fsp3) is 0.538. The molecule has 0 unspecified atom stereocenters. The Morgan fingerprint density at radius 1 is 1.25 bits per heavy atom. The van der Waals surface area contributed by atoms with Crippen LogP contribution in [0.1, 0.15) is 13.3 Å². The minimum atomic E-state index is -3.46. The third kappa shape index (κ3) is 4.09. The molecule has 1 aliphatic rings. The molecule has 0 spiro atoms. The number of hydrogen-bond donors (Lipinski definition) is 2. The number of ether oxygens (including phenoxy) is 1. The summed E-state index contributed by atoms with van der Waals surface area (Å²) < 4.78 is 33.8. The zero-order valence-corrected chi connectivity index (χ0v) is 12.4. The average molecular weight is 299 g/mol. The Morgan fingerprint density at radius 2 is 1.90 bits per heavy atom. The maximum Gasteiger partial charge on any atom is 0.301 e. The molecule has 1 aromatic carbocycles. The van der Waals surface area contributed by atoms with Gasteiger partial charge in [-0.2, -0.15) is 12.7 Å². The predicted molar refractivity (Wildman–Crippen MR) is 79.2 cm³/mol. The Hall–Kier alpha value is -1.31. The molecule has 1 heterocycles. The molecule has 112 valence electrons. The highest BCUT2D eigenvalue weighted by molar-refractivity contribution is 7.90. The molecule has 1 aromatic rings. The van der Waals surface area contributed by atoms with Crippen LogP contribution in [0.5, 0.6) is 5.75 Å². The van der Waals surface area contributed by atoms with Crippen molar-refractivity contribution in [3.05, 3.63) is 24.3 Å². The highest BCUT2D eigenvalue weighted by Gasteiger charge is 2.23. The van der Waals surface area contributed by atoms with Gasteiger partial charge in [-0.25, -0.2) is 0 Å². The molecule has 6 nitrogen and oxygen atoms in total. The lowest BCUT2D eigenvalue weighted by molar-refractivity contribution is 0.317. The molecule has 2 rings (SSSR count). The van der Waals surface area contributed by atoms with Gasteiger partial charge in [0.2, 0.25) is 0 Å². The van der Waals surface area contributed by atoms with Crippen LogP contribution in [0.3, 0.4) is 0 Å². The zero-order valence-electron chi connectivity index (χ0n) is 11.6. The van der Waals surface area contributed by atoms with Crippen molar-refractivity contribution in [2.45, 2.75) is 13.3 Å². The molecule has 0 atom stereocenters. The van der Waals surface area contributed by atoms with Crippen LogP contribution in [-0.2, 0) is 10.2 Å². The summed E-state index contributed by atoms with van der Waals surface area (Å²) >= 11 is 0. The van der Waals surface area contributed by atoms with E-state index in [1.807, 2.05) is 6.92 Å². The summed E-state index contributed by atoms with van der Waals surface area (Å²) in [5.74, 6) is 0.747. The van der Waals surface area contributed by atoms with Gasteiger partial charge in [-0.05, 0) is 30.7 Å². The second-order valence-corrected chi connectivity index (χ2v) is 6.30. The Morgan fingerprint density at radius 3 is 2.50 bits per heavy atom. The molecule has 1 fully saturated rings. The zero-order chi connectivity index (χ0) is 14.4. The van der Waals surface area contributed by atoms with E-state index in [0.717, 1.165) is 12.2 Å². The standard InChI is InChI=1S/C13H21N3O3S/c1-2-11-19-13-5-3-12(4-6-13)15-20(17,18)16-9-7-14-8-10-16/h3-6,14-15H,2,7-11H2,1H3. The topological polar surface area (TPSA) is 70.7 Å². The van der Waals surface area contributed by atoms with Gasteiger partial charge < -0.3 is 10.1 Å². The maximum absolute atomic E-state index is 12.2. The Labute approximate surface area is 120 Å². The third-order valence-corrected chi connectivity index (χ3v) is 4.53. The van der Waals surface area contributed by atoms with Crippen molar-refractivity contribution >= 4 is 15.9 Å². The highest BCUT2D eigenvalue weighted by Crippen LogP contribution is 2.18. The van der Waals surface area contributed by atoms with Crippen molar-refractivity contribution < 1.29 is 13.2 Å². The summed E-state index contributed by atoms with van der Waals surface area (Å²) in [5.41, 5.74) is 0.549. The lowest BCUT2D eigenvalue weighted by Crippen LogP contribution is -2.48. The quantitative estimate of drug-likeness (QED) is 0.823. The van der Waals surface area contributed by atoms with Crippen LogP contribution in [0, 0.1) is 0 Å². The van der Waals surface area contributed by atoms with Gasteiger partial charge in [-0.15, -0.1) is 0 Å². The monoisotopic (exact) mass is 299 g/mol. The van der Waals surface area contributed by atoms with Gasteiger partial charge in [0.1, 0.15) is 5.75 Å². The van der Waals surface area contributed by atoms with E-state index >= 15 is 0 Å². The molecule has 2 N–H and O–H groups in total. The Kier molecular flexibility index (Phi) is 5.22. The van der Waals surface area contributed by atoms with Gasteiger partial charge in [-0.3, -0.25) is 4.72 Å². The van der Waals surface area contributed by atoms with E-state index in [1.165, 1.54) is 4.31 Å². The Balaban J connectivity index is 1.98. The average Bonchev–Trinajstić information content (AvgIpc) is 2.47. The van der Waals surface area contributed by atoms with E-state index in [1.54, 1.807) is 24.3 Å². The summed E-state index contributed by atoms with van der Waals surface area (Å²) in [4.78, 5) is 0. The van der Waals surface area contributed by atoms with Gasteiger partial charge in [0.05, 0.1) is 12.3 Å². The lowest BCUT2D eigenvalue weighted by Gasteiger charge is -2.26. The summed E-state index contributed by atoms with van der Waals surface area (Å²) in [6, 6.07) is 6.96. The molecular weight excluding hydrogens is 278 g/mol. The number of nitrogens with zero attached hydrogens (tertiary/aromatic N) is 1. The third-order valence-electron chi connectivity index (χ3n) is 2.99. The van der Waals surface area contributed by atoms with E-state index in [2.05, 4.69) is 10.0 Å². The summed E-state index contributed by atoms with van der Waals surface area (Å²) in [7, 11) is -3.46. The van der Waals surface area contributed by atoms with Crippen LogP contribution in [0.2, 0.25) is 0 Å².